The zero-order chi connectivity index (χ0) is 16.2. The van der Waals surface area contributed by atoms with Crippen LogP contribution in [0.25, 0.3) is 11.1 Å². The first-order valence-electron chi connectivity index (χ1n) is 7.07. The first-order chi connectivity index (χ1) is 11.2. The molecule has 0 aliphatic heterocycles. The molecule has 0 fully saturated rings. The van der Waals surface area contributed by atoms with E-state index in [1.807, 2.05) is 37.4 Å². The van der Waals surface area contributed by atoms with Crippen molar-refractivity contribution in [1.82, 2.24) is 14.8 Å². The highest BCUT2D eigenvalue weighted by atomic mass is 16.5. The van der Waals surface area contributed by atoms with Crippen LogP contribution in [-0.2, 0) is 11.8 Å². The lowest BCUT2D eigenvalue weighted by molar-refractivity contribution is 0.0602. The number of aromatic nitrogens is 3. The number of ether oxygens (including phenoxy) is 1. The fourth-order valence-electron chi connectivity index (χ4n) is 2.32. The summed E-state index contributed by atoms with van der Waals surface area (Å²) in [6, 6.07) is 11.5. The summed E-state index contributed by atoms with van der Waals surface area (Å²) in [6.45, 7) is 0. The second-order valence-electron chi connectivity index (χ2n) is 4.93. The van der Waals surface area contributed by atoms with Gasteiger partial charge in [-0.25, -0.2) is 4.79 Å². The molecule has 0 aliphatic carbocycles. The molecule has 0 saturated heterocycles. The number of carbonyl (C=O) groups is 1. The van der Waals surface area contributed by atoms with Crippen molar-refractivity contribution >= 4 is 17.5 Å². The average molecular weight is 308 g/mol. The van der Waals surface area contributed by atoms with E-state index in [0.29, 0.717) is 11.3 Å². The lowest BCUT2D eigenvalue weighted by Crippen LogP contribution is -2.08. The van der Waals surface area contributed by atoms with E-state index in [4.69, 9.17) is 4.74 Å². The van der Waals surface area contributed by atoms with E-state index in [1.165, 1.54) is 7.11 Å². The Kier molecular flexibility index (Phi) is 4.05. The number of hydrogen-bond acceptors (Lipinski definition) is 5. The summed E-state index contributed by atoms with van der Waals surface area (Å²) in [7, 11) is 3.19. The lowest BCUT2D eigenvalue weighted by atomic mass is 10.1. The first kappa shape index (κ1) is 14.8. The maximum absolute atomic E-state index is 11.9. The van der Waals surface area contributed by atoms with E-state index in [2.05, 4.69) is 15.4 Å². The molecule has 0 amide bonds. The molecule has 0 spiro atoms. The zero-order valence-electron chi connectivity index (χ0n) is 12.9. The number of methoxy groups -OCH3 is 1. The minimum Gasteiger partial charge on any atom is -0.465 e. The molecule has 0 aliphatic rings. The van der Waals surface area contributed by atoms with Crippen molar-refractivity contribution < 1.29 is 9.53 Å². The minimum absolute atomic E-state index is 0.418. The summed E-state index contributed by atoms with van der Waals surface area (Å²) in [4.78, 5) is 16.0. The zero-order valence-corrected chi connectivity index (χ0v) is 12.9. The van der Waals surface area contributed by atoms with Gasteiger partial charge in [-0.05, 0) is 11.6 Å². The van der Waals surface area contributed by atoms with Crippen molar-refractivity contribution in [1.29, 1.82) is 0 Å². The SMILES string of the molecule is COC(=O)c1ccncc1Nc1c(-c2ccccc2)cnn1C. The minimum atomic E-state index is -0.418. The van der Waals surface area contributed by atoms with Crippen LogP contribution in [0, 0.1) is 0 Å². The molecular weight excluding hydrogens is 292 g/mol. The fourth-order valence-corrected chi connectivity index (χ4v) is 2.32. The van der Waals surface area contributed by atoms with Gasteiger partial charge in [0.2, 0.25) is 0 Å². The molecule has 6 heteroatoms. The Hall–Kier alpha value is -3.15. The Bertz CT molecular complexity index is 828. The van der Waals surface area contributed by atoms with Crippen molar-refractivity contribution in [2.45, 2.75) is 0 Å². The predicted molar refractivity (Wildman–Crippen MR) is 87.5 cm³/mol. The summed E-state index contributed by atoms with van der Waals surface area (Å²) >= 11 is 0. The van der Waals surface area contributed by atoms with Crippen molar-refractivity contribution in [3.8, 4) is 11.1 Å². The van der Waals surface area contributed by atoms with Crippen LogP contribution in [0.15, 0.2) is 55.0 Å². The molecular formula is C17H16N4O2. The van der Waals surface area contributed by atoms with Gasteiger partial charge in [0.15, 0.2) is 0 Å². The van der Waals surface area contributed by atoms with Gasteiger partial charge in [-0.1, -0.05) is 30.3 Å². The van der Waals surface area contributed by atoms with Gasteiger partial charge in [0.05, 0.1) is 30.8 Å². The highest BCUT2D eigenvalue weighted by molar-refractivity contribution is 5.96. The van der Waals surface area contributed by atoms with Gasteiger partial charge in [-0.2, -0.15) is 5.10 Å². The van der Waals surface area contributed by atoms with Crippen LogP contribution >= 0.6 is 0 Å². The number of rotatable bonds is 4. The third kappa shape index (κ3) is 2.91. The number of anilines is 2. The summed E-state index contributed by atoms with van der Waals surface area (Å²) in [6.07, 6.45) is 4.93. The number of benzene rings is 1. The van der Waals surface area contributed by atoms with Gasteiger partial charge < -0.3 is 10.1 Å². The summed E-state index contributed by atoms with van der Waals surface area (Å²) < 4.78 is 6.53. The van der Waals surface area contributed by atoms with Crippen molar-refractivity contribution in [2.75, 3.05) is 12.4 Å². The molecule has 2 aromatic heterocycles. The first-order valence-corrected chi connectivity index (χ1v) is 7.07. The second-order valence-corrected chi connectivity index (χ2v) is 4.93. The van der Waals surface area contributed by atoms with E-state index >= 15 is 0 Å². The molecule has 23 heavy (non-hydrogen) atoms. The highest BCUT2D eigenvalue weighted by Crippen LogP contribution is 2.30. The summed E-state index contributed by atoms with van der Waals surface area (Å²) in [5, 5.41) is 7.54. The third-order valence-corrected chi connectivity index (χ3v) is 3.50. The van der Waals surface area contributed by atoms with Gasteiger partial charge in [-0.15, -0.1) is 0 Å². The van der Waals surface area contributed by atoms with Crippen LogP contribution in [0.1, 0.15) is 10.4 Å². The number of aryl methyl sites for hydroxylation is 1. The monoisotopic (exact) mass is 308 g/mol. The van der Waals surface area contributed by atoms with Crippen LogP contribution < -0.4 is 5.32 Å². The van der Waals surface area contributed by atoms with E-state index in [0.717, 1.165) is 16.9 Å². The molecule has 1 N–H and O–H groups in total. The molecule has 0 radical (unpaired) electrons. The van der Waals surface area contributed by atoms with E-state index in [1.54, 1.807) is 29.3 Å². The van der Waals surface area contributed by atoms with Crippen LogP contribution in [0.4, 0.5) is 11.5 Å². The number of pyridine rings is 1. The number of nitrogens with one attached hydrogen (secondary N) is 1. The Morgan fingerprint density at radius 2 is 1.96 bits per heavy atom. The maximum atomic E-state index is 11.9. The topological polar surface area (TPSA) is 69.0 Å². The fraction of sp³-hybridized carbons (Fsp3) is 0.118. The smallest absolute Gasteiger partial charge is 0.340 e. The summed E-state index contributed by atoms with van der Waals surface area (Å²) in [5.41, 5.74) is 2.96. The van der Waals surface area contributed by atoms with Crippen LogP contribution in [0.5, 0.6) is 0 Å². The maximum Gasteiger partial charge on any atom is 0.340 e. The van der Waals surface area contributed by atoms with Crippen molar-refractivity contribution in [3.63, 3.8) is 0 Å². The molecule has 2 heterocycles. The summed E-state index contributed by atoms with van der Waals surface area (Å²) in [5.74, 6) is 0.354. The van der Waals surface area contributed by atoms with Crippen LogP contribution in [0.2, 0.25) is 0 Å². The third-order valence-electron chi connectivity index (χ3n) is 3.50. The predicted octanol–water partition coefficient (Wildman–Crippen LogP) is 3.01. The Morgan fingerprint density at radius 1 is 1.17 bits per heavy atom. The molecule has 0 atom stereocenters. The molecule has 0 bridgehead atoms. The number of esters is 1. The lowest BCUT2D eigenvalue weighted by Gasteiger charge is -2.12. The second kappa shape index (κ2) is 6.31. The van der Waals surface area contributed by atoms with Gasteiger partial charge in [0.25, 0.3) is 0 Å². The van der Waals surface area contributed by atoms with E-state index in [9.17, 15) is 4.79 Å². The normalized spacial score (nSPS) is 10.3. The van der Waals surface area contributed by atoms with Crippen LogP contribution in [0.3, 0.4) is 0 Å². The Labute approximate surface area is 133 Å². The molecule has 0 unspecified atom stereocenters. The largest absolute Gasteiger partial charge is 0.465 e. The Morgan fingerprint density at radius 3 is 2.70 bits per heavy atom. The van der Waals surface area contributed by atoms with Crippen molar-refractivity contribution in [2.24, 2.45) is 7.05 Å². The molecule has 0 saturated carbocycles. The van der Waals surface area contributed by atoms with Gasteiger partial charge in [0.1, 0.15) is 5.82 Å². The quantitative estimate of drug-likeness (QED) is 0.750. The number of hydrogen-bond donors (Lipinski definition) is 1. The molecule has 1 aromatic carbocycles. The average Bonchev–Trinajstić information content (AvgIpc) is 2.96. The van der Waals surface area contributed by atoms with Gasteiger partial charge in [-0.3, -0.25) is 9.67 Å². The van der Waals surface area contributed by atoms with Gasteiger partial charge in [0, 0.05) is 18.8 Å². The number of carbonyl (C=O) groups excluding carboxylic acids is 1. The van der Waals surface area contributed by atoms with E-state index < -0.39 is 5.97 Å². The molecule has 6 nitrogen and oxygen atoms in total. The highest BCUT2D eigenvalue weighted by Gasteiger charge is 2.16. The van der Waals surface area contributed by atoms with Crippen LogP contribution in [-0.4, -0.2) is 27.8 Å². The molecule has 3 aromatic rings. The Balaban J connectivity index is 2.02. The van der Waals surface area contributed by atoms with Gasteiger partial charge >= 0.3 is 5.97 Å². The molecule has 3 rings (SSSR count). The van der Waals surface area contributed by atoms with Crippen molar-refractivity contribution in [3.05, 3.63) is 60.6 Å². The number of nitrogens with zero attached hydrogens (tertiary/aromatic N) is 3. The standard InChI is InChI=1S/C17H16N4O2/c1-21-16(14(10-19-21)12-6-4-3-5-7-12)20-15-11-18-9-8-13(15)17(22)23-2/h3-11,20H,1-2H3. The van der Waals surface area contributed by atoms with E-state index in [-0.39, 0.29) is 0 Å². The molecule has 116 valence electrons.